The third-order valence-electron chi connectivity index (χ3n) is 4.46. The highest BCUT2D eigenvalue weighted by Crippen LogP contribution is 2.29. The Hall–Kier alpha value is -2.19. The van der Waals surface area contributed by atoms with Crippen LogP contribution in [0.1, 0.15) is 30.5 Å². The standard InChI is InChI=1S/C16H23N5O3/c1-11-9-13(19-24-11)18-14(22)10-21-6-3-12(4-7-21)15(23)16-17-5-8-20(16)2/h5,8-9,12,15,23H,3-4,6-7,10H2,1-2H3,(H,18,19,22). The number of rotatable bonds is 5. The van der Waals surface area contributed by atoms with Gasteiger partial charge in [0, 0.05) is 25.5 Å². The summed E-state index contributed by atoms with van der Waals surface area (Å²) in [4.78, 5) is 18.4. The highest BCUT2D eigenvalue weighted by molar-refractivity contribution is 5.91. The maximum atomic E-state index is 12.0. The average molecular weight is 333 g/mol. The number of nitrogens with zero attached hydrogens (tertiary/aromatic N) is 4. The molecule has 1 atom stereocenters. The molecule has 1 amide bonds. The Balaban J connectivity index is 1.46. The van der Waals surface area contributed by atoms with Crippen molar-refractivity contribution >= 4 is 11.7 Å². The van der Waals surface area contributed by atoms with E-state index in [1.165, 1.54) is 0 Å². The van der Waals surface area contributed by atoms with Crippen molar-refractivity contribution in [2.24, 2.45) is 13.0 Å². The van der Waals surface area contributed by atoms with Gasteiger partial charge in [-0.15, -0.1) is 0 Å². The maximum Gasteiger partial charge on any atom is 0.239 e. The van der Waals surface area contributed by atoms with Gasteiger partial charge in [-0.25, -0.2) is 4.98 Å². The molecule has 0 radical (unpaired) electrons. The van der Waals surface area contributed by atoms with Gasteiger partial charge in [-0.3, -0.25) is 9.69 Å². The molecule has 1 saturated heterocycles. The number of piperidine rings is 1. The average Bonchev–Trinajstić information content (AvgIpc) is 3.15. The fraction of sp³-hybridized carbons (Fsp3) is 0.562. The summed E-state index contributed by atoms with van der Waals surface area (Å²) >= 11 is 0. The summed E-state index contributed by atoms with van der Waals surface area (Å²) < 4.78 is 6.78. The fourth-order valence-corrected chi connectivity index (χ4v) is 3.11. The van der Waals surface area contributed by atoms with Crippen LogP contribution >= 0.6 is 0 Å². The maximum absolute atomic E-state index is 12.0. The van der Waals surface area contributed by atoms with Gasteiger partial charge in [-0.2, -0.15) is 0 Å². The molecule has 1 fully saturated rings. The van der Waals surface area contributed by atoms with E-state index in [4.69, 9.17) is 4.52 Å². The Labute approximate surface area is 140 Å². The highest BCUT2D eigenvalue weighted by atomic mass is 16.5. The molecule has 3 heterocycles. The topological polar surface area (TPSA) is 96.4 Å². The van der Waals surface area contributed by atoms with E-state index in [2.05, 4.69) is 20.4 Å². The van der Waals surface area contributed by atoms with Crippen LogP contribution < -0.4 is 5.32 Å². The van der Waals surface area contributed by atoms with Crippen LogP contribution in [0.3, 0.4) is 0 Å². The molecule has 0 spiro atoms. The van der Waals surface area contributed by atoms with E-state index in [0.29, 0.717) is 23.9 Å². The minimum absolute atomic E-state index is 0.105. The van der Waals surface area contributed by atoms with E-state index in [-0.39, 0.29) is 11.8 Å². The van der Waals surface area contributed by atoms with Crippen LogP contribution in [0.2, 0.25) is 0 Å². The summed E-state index contributed by atoms with van der Waals surface area (Å²) in [6.45, 7) is 3.65. The summed E-state index contributed by atoms with van der Waals surface area (Å²) in [5, 5.41) is 17.0. The van der Waals surface area contributed by atoms with Gasteiger partial charge < -0.3 is 19.5 Å². The number of carbonyl (C=O) groups is 1. The van der Waals surface area contributed by atoms with Crippen LogP contribution in [0.5, 0.6) is 0 Å². The molecule has 8 heteroatoms. The lowest BCUT2D eigenvalue weighted by Gasteiger charge is -2.33. The summed E-state index contributed by atoms with van der Waals surface area (Å²) in [7, 11) is 1.89. The Bertz CT molecular complexity index is 687. The number of aliphatic hydroxyl groups is 1. The molecule has 0 aliphatic carbocycles. The molecule has 1 aliphatic heterocycles. The summed E-state index contributed by atoms with van der Waals surface area (Å²) in [6, 6.07) is 1.69. The lowest BCUT2D eigenvalue weighted by Crippen LogP contribution is -2.40. The summed E-state index contributed by atoms with van der Waals surface area (Å²) in [5.74, 6) is 1.87. The third-order valence-corrected chi connectivity index (χ3v) is 4.46. The van der Waals surface area contributed by atoms with E-state index < -0.39 is 6.10 Å². The molecule has 24 heavy (non-hydrogen) atoms. The van der Waals surface area contributed by atoms with Crippen molar-refractivity contribution in [3.63, 3.8) is 0 Å². The SMILES string of the molecule is Cc1cc(NC(=O)CN2CCC(C(O)c3nccn3C)CC2)no1. The number of anilines is 1. The van der Waals surface area contributed by atoms with Gasteiger partial charge in [-0.1, -0.05) is 5.16 Å². The van der Waals surface area contributed by atoms with E-state index in [0.717, 1.165) is 25.9 Å². The van der Waals surface area contributed by atoms with Gasteiger partial charge >= 0.3 is 0 Å². The quantitative estimate of drug-likeness (QED) is 0.850. The van der Waals surface area contributed by atoms with Crippen LogP contribution in [-0.2, 0) is 11.8 Å². The van der Waals surface area contributed by atoms with Gasteiger partial charge in [0.25, 0.3) is 0 Å². The second-order valence-electron chi connectivity index (χ2n) is 6.33. The molecule has 2 aromatic rings. The summed E-state index contributed by atoms with van der Waals surface area (Å²) in [6.07, 6.45) is 4.65. The third kappa shape index (κ3) is 3.82. The van der Waals surface area contributed by atoms with Gasteiger partial charge in [0.1, 0.15) is 17.7 Å². The first-order valence-electron chi connectivity index (χ1n) is 8.13. The Kier molecular flexibility index (Phi) is 4.96. The molecule has 0 saturated carbocycles. The zero-order valence-electron chi connectivity index (χ0n) is 14.0. The molecule has 3 rings (SSSR count). The smallest absolute Gasteiger partial charge is 0.239 e. The van der Waals surface area contributed by atoms with Crippen molar-refractivity contribution in [1.29, 1.82) is 0 Å². The van der Waals surface area contributed by atoms with Crippen molar-refractivity contribution in [2.75, 3.05) is 25.0 Å². The summed E-state index contributed by atoms with van der Waals surface area (Å²) in [5.41, 5.74) is 0. The lowest BCUT2D eigenvalue weighted by molar-refractivity contribution is -0.117. The van der Waals surface area contributed by atoms with Gasteiger partial charge in [-0.05, 0) is 38.8 Å². The van der Waals surface area contributed by atoms with Crippen LogP contribution in [0.15, 0.2) is 23.0 Å². The number of aromatic nitrogens is 3. The number of carbonyl (C=O) groups excluding carboxylic acids is 1. The van der Waals surface area contributed by atoms with Crippen LogP contribution in [-0.4, -0.2) is 50.3 Å². The molecule has 130 valence electrons. The molecular formula is C16H23N5O3. The number of hydrogen-bond donors (Lipinski definition) is 2. The van der Waals surface area contributed by atoms with Crippen molar-refractivity contribution < 1.29 is 14.4 Å². The van der Waals surface area contributed by atoms with E-state index in [1.807, 2.05) is 17.8 Å². The monoisotopic (exact) mass is 333 g/mol. The number of amides is 1. The Morgan fingerprint density at radius 2 is 2.25 bits per heavy atom. The van der Waals surface area contributed by atoms with E-state index in [9.17, 15) is 9.90 Å². The Morgan fingerprint density at radius 3 is 2.83 bits per heavy atom. The van der Waals surface area contributed by atoms with E-state index in [1.54, 1.807) is 19.2 Å². The second kappa shape index (κ2) is 7.14. The first-order valence-corrected chi connectivity index (χ1v) is 8.13. The number of likely N-dealkylation sites (tertiary alicyclic amines) is 1. The number of imidazole rings is 1. The minimum atomic E-state index is -0.556. The number of aryl methyl sites for hydroxylation is 2. The zero-order chi connectivity index (χ0) is 17.1. The molecular weight excluding hydrogens is 310 g/mol. The second-order valence-corrected chi connectivity index (χ2v) is 6.33. The normalized spacial score (nSPS) is 17.8. The van der Waals surface area contributed by atoms with Gasteiger partial charge in [0.05, 0.1) is 6.54 Å². The van der Waals surface area contributed by atoms with Gasteiger partial charge in [0.15, 0.2) is 5.82 Å². The van der Waals surface area contributed by atoms with Gasteiger partial charge in [0.2, 0.25) is 5.91 Å². The van der Waals surface area contributed by atoms with E-state index >= 15 is 0 Å². The van der Waals surface area contributed by atoms with Crippen molar-refractivity contribution in [1.82, 2.24) is 19.6 Å². The molecule has 1 unspecified atom stereocenters. The van der Waals surface area contributed by atoms with Crippen molar-refractivity contribution in [3.05, 3.63) is 30.0 Å². The largest absolute Gasteiger partial charge is 0.385 e. The lowest BCUT2D eigenvalue weighted by atomic mass is 9.90. The first-order chi connectivity index (χ1) is 11.5. The first kappa shape index (κ1) is 16.7. The fourth-order valence-electron chi connectivity index (χ4n) is 3.11. The van der Waals surface area contributed by atoms with Crippen LogP contribution in [0.25, 0.3) is 0 Å². The molecule has 0 aromatic carbocycles. The van der Waals surface area contributed by atoms with Crippen molar-refractivity contribution in [2.45, 2.75) is 25.9 Å². The number of nitrogens with one attached hydrogen (secondary N) is 1. The molecule has 2 aromatic heterocycles. The number of hydrogen-bond acceptors (Lipinski definition) is 6. The molecule has 1 aliphatic rings. The zero-order valence-corrected chi connectivity index (χ0v) is 14.0. The number of aliphatic hydroxyl groups excluding tert-OH is 1. The van der Waals surface area contributed by atoms with Crippen molar-refractivity contribution in [3.8, 4) is 0 Å². The highest BCUT2D eigenvalue weighted by Gasteiger charge is 2.29. The minimum Gasteiger partial charge on any atom is -0.385 e. The predicted octanol–water partition coefficient (Wildman–Crippen LogP) is 1.10. The van der Waals surface area contributed by atoms with Crippen LogP contribution in [0, 0.1) is 12.8 Å². The molecule has 2 N–H and O–H groups in total. The molecule has 0 bridgehead atoms. The Morgan fingerprint density at radius 1 is 1.50 bits per heavy atom. The predicted molar refractivity (Wildman–Crippen MR) is 87.2 cm³/mol. The van der Waals surface area contributed by atoms with Crippen LogP contribution in [0.4, 0.5) is 5.82 Å². The molecule has 8 nitrogen and oxygen atoms in total.